The topological polar surface area (TPSA) is 91.1 Å². The molecule has 2 N–H and O–H groups in total. The summed E-state index contributed by atoms with van der Waals surface area (Å²) < 4.78 is 16.4. The Labute approximate surface area is 173 Å². The molecule has 1 aliphatic rings. The summed E-state index contributed by atoms with van der Waals surface area (Å²) in [6.45, 7) is 3.72. The number of likely N-dealkylation sites (tertiary alicyclic amines) is 1. The SMILES string of the molecule is CCCC[C@H](OC[C@@H](C(=O)N1CCC(OCOC)CC1)c1ccccc1)C(N)=O. The number of hydrogen-bond acceptors (Lipinski definition) is 5. The maximum atomic E-state index is 13.3. The van der Waals surface area contributed by atoms with E-state index in [0.29, 0.717) is 19.5 Å². The standard InChI is InChI=1S/C22H34N2O5/c1-3-4-10-20(21(23)25)28-15-19(17-8-6-5-7-9-17)22(26)24-13-11-18(12-14-24)29-16-27-2/h5-9,18-20H,3-4,10-16H2,1-2H3,(H2,23,25)/t19-,20+/m1/s1. The Morgan fingerprint density at radius 2 is 1.90 bits per heavy atom. The quantitative estimate of drug-likeness (QED) is 0.539. The van der Waals surface area contributed by atoms with Crippen molar-refractivity contribution in [1.82, 2.24) is 4.90 Å². The summed E-state index contributed by atoms with van der Waals surface area (Å²) in [5.41, 5.74) is 6.38. The van der Waals surface area contributed by atoms with Crippen LogP contribution in [0.15, 0.2) is 30.3 Å². The van der Waals surface area contributed by atoms with Crippen LogP contribution in [0.3, 0.4) is 0 Å². The van der Waals surface area contributed by atoms with Gasteiger partial charge in [-0.1, -0.05) is 50.1 Å². The molecule has 7 heteroatoms. The summed E-state index contributed by atoms with van der Waals surface area (Å²) in [6, 6.07) is 9.57. The van der Waals surface area contributed by atoms with Crippen molar-refractivity contribution in [2.45, 2.75) is 57.2 Å². The molecule has 2 atom stereocenters. The van der Waals surface area contributed by atoms with E-state index in [4.69, 9.17) is 19.9 Å². The van der Waals surface area contributed by atoms with Crippen LogP contribution in [0, 0.1) is 0 Å². The van der Waals surface area contributed by atoms with Crippen LogP contribution < -0.4 is 5.73 Å². The predicted molar refractivity (Wildman–Crippen MR) is 110 cm³/mol. The lowest BCUT2D eigenvalue weighted by molar-refractivity contribution is -0.142. The minimum atomic E-state index is -0.665. The van der Waals surface area contributed by atoms with Gasteiger partial charge in [0.1, 0.15) is 12.9 Å². The predicted octanol–water partition coefficient (Wildman–Crippen LogP) is 2.44. The van der Waals surface area contributed by atoms with E-state index in [9.17, 15) is 9.59 Å². The van der Waals surface area contributed by atoms with Crippen molar-refractivity contribution in [2.24, 2.45) is 5.73 Å². The van der Waals surface area contributed by atoms with Crippen molar-refractivity contribution in [1.29, 1.82) is 0 Å². The number of unbranched alkanes of at least 4 members (excludes halogenated alkanes) is 1. The van der Waals surface area contributed by atoms with Crippen LogP contribution in [-0.2, 0) is 23.8 Å². The molecule has 0 saturated carbocycles. The highest BCUT2D eigenvalue weighted by atomic mass is 16.7. The summed E-state index contributed by atoms with van der Waals surface area (Å²) in [4.78, 5) is 26.9. The molecule has 162 valence electrons. The van der Waals surface area contributed by atoms with Crippen LogP contribution in [0.5, 0.6) is 0 Å². The third-order valence-electron chi connectivity index (χ3n) is 5.28. The number of methoxy groups -OCH3 is 1. The second-order valence-electron chi connectivity index (χ2n) is 7.43. The van der Waals surface area contributed by atoms with E-state index < -0.39 is 17.9 Å². The molecule has 0 bridgehead atoms. The zero-order valence-electron chi connectivity index (χ0n) is 17.5. The van der Waals surface area contributed by atoms with Gasteiger partial charge in [0, 0.05) is 20.2 Å². The second kappa shape index (κ2) is 12.6. The second-order valence-corrected chi connectivity index (χ2v) is 7.43. The largest absolute Gasteiger partial charge is 0.367 e. The van der Waals surface area contributed by atoms with Crippen molar-refractivity contribution in [3.05, 3.63) is 35.9 Å². The van der Waals surface area contributed by atoms with Gasteiger partial charge < -0.3 is 24.8 Å². The van der Waals surface area contributed by atoms with Crippen LogP contribution in [0.2, 0.25) is 0 Å². The fourth-order valence-corrected chi connectivity index (χ4v) is 3.53. The van der Waals surface area contributed by atoms with E-state index in [-0.39, 0.29) is 25.4 Å². The molecule has 0 aromatic heterocycles. The van der Waals surface area contributed by atoms with Crippen LogP contribution in [-0.4, -0.2) is 62.5 Å². The van der Waals surface area contributed by atoms with Gasteiger partial charge in [-0.15, -0.1) is 0 Å². The number of benzene rings is 1. The zero-order valence-corrected chi connectivity index (χ0v) is 17.5. The maximum Gasteiger partial charge on any atom is 0.246 e. The number of nitrogens with zero attached hydrogens (tertiary/aromatic N) is 1. The van der Waals surface area contributed by atoms with Gasteiger partial charge in [0.25, 0.3) is 0 Å². The molecule has 0 unspecified atom stereocenters. The van der Waals surface area contributed by atoms with Gasteiger partial charge in [0.2, 0.25) is 11.8 Å². The first-order chi connectivity index (χ1) is 14.1. The van der Waals surface area contributed by atoms with E-state index in [1.807, 2.05) is 42.2 Å². The molecule has 1 heterocycles. The molecule has 0 spiro atoms. The van der Waals surface area contributed by atoms with Crippen molar-refractivity contribution in [3.63, 3.8) is 0 Å². The van der Waals surface area contributed by atoms with Gasteiger partial charge in [-0.2, -0.15) is 0 Å². The highest BCUT2D eigenvalue weighted by Gasteiger charge is 2.31. The van der Waals surface area contributed by atoms with Crippen molar-refractivity contribution in [2.75, 3.05) is 33.6 Å². The summed E-state index contributed by atoms with van der Waals surface area (Å²) in [5.74, 6) is -0.926. The molecule has 1 fully saturated rings. The van der Waals surface area contributed by atoms with E-state index in [1.165, 1.54) is 0 Å². The minimum Gasteiger partial charge on any atom is -0.367 e. The zero-order chi connectivity index (χ0) is 21.1. The first-order valence-corrected chi connectivity index (χ1v) is 10.4. The lowest BCUT2D eigenvalue weighted by Gasteiger charge is -2.34. The van der Waals surface area contributed by atoms with Gasteiger partial charge in [-0.3, -0.25) is 9.59 Å². The van der Waals surface area contributed by atoms with Gasteiger partial charge in [0.15, 0.2) is 0 Å². The summed E-state index contributed by atoms with van der Waals surface area (Å²) in [6.07, 6.45) is 3.38. The lowest BCUT2D eigenvalue weighted by Crippen LogP contribution is -2.44. The molecule has 1 aromatic rings. The number of ether oxygens (including phenoxy) is 3. The molecule has 2 rings (SSSR count). The molecule has 29 heavy (non-hydrogen) atoms. The smallest absolute Gasteiger partial charge is 0.246 e. The summed E-state index contributed by atoms with van der Waals surface area (Å²) in [7, 11) is 1.60. The Bertz CT molecular complexity index is 617. The van der Waals surface area contributed by atoms with Gasteiger partial charge in [-0.05, 0) is 24.8 Å². The third kappa shape index (κ3) is 7.42. The fraction of sp³-hybridized carbons (Fsp3) is 0.636. The first kappa shape index (κ1) is 23.3. The Morgan fingerprint density at radius 1 is 1.21 bits per heavy atom. The normalized spacial score (nSPS) is 17.1. The molecule has 7 nitrogen and oxygen atoms in total. The molecule has 0 aliphatic carbocycles. The van der Waals surface area contributed by atoms with Crippen molar-refractivity contribution in [3.8, 4) is 0 Å². The summed E-state index contributed by atoms with van der Waals surface area (Å²) in [5, 5.41) is 0. The molecule has 1 aliphatic heterocycles. The number of carbonyl (C=O) groups is 2. The number of carbonyl (C=O) groups excluding carboxylic acids is 2. The molecule has 1 saturated heterocycles. The molecule has 1 aromatic carbocycles. The summed E-state index contributed by atoms with van der Waals surface area (Å²) >= 11 is 0. The lowest BCUT2D eigenvalue weighted by atomic mass is 9.96. The van der Waals surface area contributed by atoms with Crippen molar-refractivity contribution < 1.29 is 23.8 Å². The molecular formula is C22H34N2O5. The van der Waals surface area contributed by atoms with E-state index in [2.05, 4.69) is 0 Å². The highest BCUT2D eigenvalue weighted by Crippen LogP contribution is 2.23. The monoisotopic (exact) mass is 406 g/mol. The number of nitrogens with two attached hydrogens (primary N) is 1. The van der Waals surface area contributed by atoms with E-state index in [1.54, 1.807) is 7.11 Å². The fourth-order valence-electron chi connectivity index (χ4n) is 3.53. The van der Waals surface area contributed by atoms with Gasteiger partial charge in [0.05, 0.1) is 18.6 Å². The highest BCUT2D eigenvalue weighted by molar-refractivity contribution is 5.84. The van der Waals surface area contributed by atoms with Crippen LogP contribution in [0.4, 0.5) is 0 Å². The number of hydrogen-bond donors (Lipinski definition) is 1. The average Bonchev–Trinajstić information content (AvgIpc) is 2.75. The number of amides is 2. The van der Waals surface area contributed by atoms with Crippen molar-refractivity contribution >= 4 is 11.8 Å². The molecular weight excluding hydrogens is 372 g/mol. The Morgan fingerprint density at radius 3 is 2.48 bits per heavy atom. The van der Waals surface area contributed by atoms with Crippen LogP contribution >= 0.6 is 0 Å². The molecule has 0 radical (unpaired) electrons. The van der Waals surface area contributed by atoms with Gasteiger partial charge >= 0.3 is 0 Å². The number of piperidine rings is 1. The minimum absolute atomic E-state index is 0.0140. The Hall–Kier alpha value is -1.96. The van der Waals surface area contributed by atoms with Crippen LogP contribution in [0.1, 0.15) is 50.5 Å². The first-order valence-electron chi connectivity index (χ1n) is 10.4. The number of rotatable bonds is 12. The van der Waals surface area contributed by atoms with Gasteiger partial charge in [-0.25, -0.2) is 0 Å². The Kier molecular flexibility index (Phi) is 10.1. The number of primary amides is 1. The molecule has 2 amide bonds. The van der Waals surface area contributed by atoms with E-state index >= 15 is 0 Å². The van der Waals surface area contributed by atoms with Crippen LogP contribution in [0.25, 0.3) is 0 Å². The third-order valence-corrected chi connectivity index (χ3v) is 5.28. The Balaban J connectivity index is 2.02. The maximum absolute atomic E-state index is 13.3. The van der Waals surface area contributed by atoms with E-state index in [0.717, 1.165) is 31.2 Å². The average molecular weight is 407 g/mol.